The Hall–Kier alpha value is -2.12. The summed E-state index contributed by atoms with van der Waals surface area (Å²) in [6.45, 7) is 2.76. The number of carbonyl (C=O) groups is 4. The largest absolute Gasteiger partial charge is 0.481 e. The molecule has 1 unspecified atom stereocenters. The molecule has 2 N–H and O–H groups in total. The fourth-order valence-electron chi connectivity index (χ4n) is 2.14. The summed E-state index contributed by atoms with van der Waals surface area (Å²) in [6, 6.07) is 0. The lowest BCUT2D eigenvalue weighted by molar-refractivity contribution is -0.150. The van der Waals surface area contributed by atoms with Gasteiger partial charge in [0.1, 0.15) is 5.92 Å². The molecule has 0 bridgehead atoms. The van der Waals surface area contributed by atoms with Crippen LogP contribution in [0.25, 0.3) is 0 Å². The molecule has 0 saturated carbocycles. The Labute approximate surface area is 122 Å². The lowest BCUT2D eigenvalue weighted by Crippen LogP contribution is -2.41. The van der Waals surface area contributed by atoms with Gasteiger partial charge in [-0.05, 0) is 13.3 Å². The van der Waals surface area contributed by atoms with Crippen LogP contribution >= 0.6 is 0 Å². The van der Waals surface area contributed by atoms with Crippen molar-refractivity contribution in [2.75, 3.05) is 26.2 Å². The lowest BCUT2D eigenvalue weighted by atomic mass is 10.1. The van der Waals surface area contributed by atoms with E-state index in [4.69, 9.17) is 10.2 Å². The molecule has 1 heterocycles. The van der Waals surface area contributed by atoms with Gasteiger partial charge in [-0.1, -0.05) is 0 Å². The van der Waals surface area contributed by atoms with E-state index in [2.05, 4.69) is 0 Å². The second kappa shape index (κ2) is 7.61. The average Bonchev–Trinajstić information content (AvgIpc) is 2.68. The highest BCUT2D eigenvalue weighted by atomic mass is 16.4. The summed E-state index contributed by atoms with van der Waals surface area (Å²) in [5.41, 5.74) is 0. The summed E-state index contributed by atoms with van der Waals surface area (Å²) in [5.74, 6) is -4.00. The summed E-state index contributed by atoms with van der Waals surface area (Å²) in [4.78, 5) is 48.0. The number of amides is 2. The summed E-state index contributed by atoms with van der Waals surface area (Å²) >= 11 is 0. The first kappa shape index (κ1) is 16.9. The molecule has 0 aromatic carbocycles. The first-order valence-corrected chi connectivity index (χ1v) is 6.84. The number of carboxylic acids is 2. The van der Waals surface area contributed by atoms with Crippen molar-refractivity contribution in [1.82, 2.24) is 9.80 Å². The molecule has 1 atom stereocenters. The SMILES string of the molecule is CC(C(=O)O)C(=O)N1CCCN(C(=O)CCC(=O)O)CC1. The van der Waals surface area contributed by atoms with Crippen LogP contribution in [0, 0.1) is 5.92 Å². The minimum Gasteiger partial charge on any atom is -0.481 e. The molecule has 1 fully saturated rings. The van der Waals surface area contributed by atoms with Gasteiger partial charge in [0.2, 0.25) is 11.8 Å². The maximum Gasteiger partial charge on any atom is 0.315 e. The van der Waals surface area contributed by atoms with Crippen LogP contribution in [0.1, 0.15) is 26.2 Å². The molecule has 0 aliphatic carbocycles. The fourth-order valence-corrected chi connectivity index (χ4v) is 2.14. The van der Waals surface area contributed by atoms with E-state index in [9.17, 15) is 19.2 Å². The van der Waals surface area contributed by atoms with Crippen molar-refractivity contribution < 1.29 is 29.4 Å². The highest BCUT2D eigenvalue weighted by molar-refractivity contribution is 5.96. The van der Waals surface area contributed by atoms with E-state index in [-0.39, 0.29) is 25.3 Å². The molecule has 1 rings (SSSR count). The van der Waals surface area contributed by atoms with Gasteiger partial charge in [0.25, 0.3) is 0 Å². The van der Waals surface area contributed by atoms with E-state index < -0.39 is 23.8 Å². The number of nitrogens with zero attached hydrogens (tertiary/aromatic N) is 2. The minimum absolute atomic E-state index is 0.0607. The van der Waals surface area contributed by atoms with Crippen molar-refractivity contribution in [2.45, 2.75) is 26.2 Å². The third-order valence-electron chi connectivity index (χ3n) is 3.45. The molecular formula is C13H20N2O6. The van der Waals surface area contributed by atoms with Crippen molar-refractivity contribution in [3.8, 4) is 0 Å². The molecule has 1 aliphatic heterocycles. The van der Waals surface area contributed by atoms with Gasteiger partial charge in [-0.3, -0.25) is 19.2 Å². The van der Waals surface area contributed by atoms with E-state index in [0.29, 0.717) is 26.1 Å². The van der Waals surface area contributed by atoms with Crippen LogP contribution in [-0.4, -0.2) is 69.9 Å². The van der Waals surface area contributed by atoms with Crippen molar-refractivity contribution in [3.05, 3.63) is 0 Å². The van der Waals surface area contributed by atoms with E-state index in [0.717, 1.165) is 0 Å². The van der Waals surface area contributed by atoms with Gasteiger partial charge < -0.3 is 20.0 Å². The molecular weight excluding hydrogens is 280 g/mol. The number of carboxylic acid groups (broad SMARTS) is 2. The van der Waals surface area contributed by atoms with Gasteiger partial charge >= 0.3 is 11.9 Å². The molecule has 1 aliphatic rings. The summed E-state index contributed by atoms with van der Waals surface area (Å²) in [6.07, 6.45) is 0.278. The molecule has 0 spiro atoms. The third kappa shape index (κ3) is 5.05. The van der Waals surface area contributed by atoms with E-state index in [1.807, 2.05) is 0 Å². The maximum absolute atomic E-state index is 11.9. The Morgan fingerprint density at radius 2 is 1.52 bits per heavy atom. The van der Waals surface area contributed by atoms with Crippen molar-refractivity contribution in [1.29, 1.82) is 0 Å². The Kier molecular flexibility index (Phi) is 6.13. The molecule has 0 aromatic heterocycles. The molecule has 21 heavy (non-hydrogen) atoms. The molecule has 0 aromatic rings. The van der Waals surface area contributed by atoms with Crippen LogP contribution in [0.2, 0.25) is 0 Å². The standard InChI is InChI=1S/C13H20N2O6/c1-9(13(20)21)12(19)15-6-2-5-14(7-8-15)10(16)3-4-11(17)18/h9H,2-8H2,1H3,(H,17,18)(H,20,21). The highest BCUT2D eigenvalue weighted by Gasteiger charge is 2.28. The predicted molar refractivity (Wildman–Crippen MR) is 71.4 cm³/mol. The zero-order valence-corrected chi connectivity index (χ0v) is 11.9. The molecule has 0 radical (unpaired) electrons. The van der Waals surface area contributed by atoms with Gasteiger partial charge in [-0.2, -0.15) is 0 Å². The van der Waals surface area contributed by atoms with Crippen LogP contribution < -0.4 is 0 Å². The topological polar surface area (TPSA) is 115 Å². The number of aliphatic carboxylic acids is 2. The normalized spacial score (nSPS) is 17.0. The molecule has 8 nitrogen and oxygen atoms in total. The second-order valence-electron chi connectivity index (χ2n) is 5.01. The van der Waals surface area contributed by atoms with Crippen LogP contribution in [0.4, 0.5) is 0 Å². The third-order valence-corrected chi connectivity index (χ3v) is 3.45. The molecule has 118 valence electrons. The predicted octanol–water partition coefficient (Wildman–Crippen LogP) is -0.367. The number of rotatable bonds is 5. The summed E-state index contributed by atoms with van der Waals surface area (Å²) < 4.78 is 0. The van der Waals surface area contributed by atoms with Gasteiger partial charge in [0.05, 0.1) is 6.42 Å². The van der Waals surface area contributed by atoms with Gasteiger partial charge in [0.15, 0.2) is 0 Å². The first-order chi connectivity index (χ1) is 9.82. The Bertz CT molecular complexity index is 436. The van der Waals surface area contributed by atoms with Crippen LogP contribution in [0.15, 0.2) is 0 Å². The Morgan fingerprint density at radius 3 is 2.10 bits per heavy atom. The van der Waals surface area contributed by atoms with Crippen molar-refractivity contribution in [3.63, 3.8) is 0 Å². The van der Waals surface area contributed by atoms with Gasteiger partial charge in [-0.25, -0.2) is 0 Å². The zero-order chi connectivity index (χ0) is 16.0. The van der Waals surface area contributed by atoms with E-state index >= 15 is 0 Å². The average molecular weight is 300 g/mol. The van der Waals surface area contributed by atoms with E-state index in [1.54, 1.807) is 0 Å². The fraction of sp³-hybridized carbons (Fsp3) is 0.692. The highest BCUT2D eigenvalue weighted by Crippen LogP contribution is 2.10. The van der Waals surface area contributed by atoms with Crippen LogP contribution in [0.5, 0.6) is 0 Å². The molecule has 2 amide bonds. The number of hydrogen-bond donors (Lipinski definition) is 2. The molecule has 8 heteroatoms. The summed E-state index contributed by atoms with van der Waals surface area (Å²) in [5, 5.41) is 17.4. The van der Waals surface area contributed by atoms with E-state index in [1.165, 1.54) is 16.7 Å². The minimum atomic E-state index is -1.17. The van der Waals surface area contributed by atoms with Crippen molar-refractivity contribution >= 4 is 23.8 Å². The number of carbonyl (C=O) groups excluding carboxylic acids is 2. The van der Waals surface area contributed by atoms with Crippen molar-refractivity contribution in [2.24, 2.45) is 5.92 Å². The second-order valence-corrected chi connectivity index (χ2v) is 5.01. The van der Waals surface area contributed by atoms with Gasteiger partial charge in [0, 0.05) is 32.6 Å². The summed E-state index contributed by atoms with van der Waals surface area (Å²) in [7, 11) is 0. The Morgan fingerprint density at radius 1 is 0.952 bits per heavy atom. The Balaban J connectivity index is 2.53. The number of hydrogen-bond acceptors (Lipinski definition) is 4. The first-order valence-electron chi connectivity index (χ1n) is 6.84. The van der Waals surface area contributed by atoms with Crippen LogP contribution in [0.3, 0.4) is 0 Å². The smallest absolute Gasteiger partial charge is 0.315 e. The quantitative estimate of drug-likeness (QED) is 0.670. The monoisotopic (exact) mass is 300 g/mol. The van der Waals surface area contributed by atoms with Crippen LogP contribution in [-0.2, 0) is 19.2 Å². The molecule has 1 saturated heterocycles. The zero-order valence-electron chi connectivity index (χ0n) is 11.9. The lowest BCUT2D eigenvalue weighted by Gasteiger charge is -2.23. The van der Waals surface area contributed by atoms with Gasteiger partial charge in [-0.15, -0.1) is 0 Å². The maximum atomic E-state index is 11.9.